The molecule has 1 nitrogen and oxygen atoms in total. The molecule has 0 fully saturated rings. The third-order valence-electron chi connectivity index (χ3n) is 2.20. The van der Waals surface area contributed by atoms with E-state index < -0.39 is 8.32 Å². The maximum atomic E-state index is 5.99. The molecular formula is C11H28OSi2. The summed E-state index contributed by atoms with van der Waals surface area (Å²) in [5.74, 6) is 0. The van der Waals surface area contributed by atoms with Crippen LogP contribution < -0.4 is 0 Å². The normalized spacial score (nSPS) is 14.8. The Bertz CT molecular complexity index is 141. The summed E-state index contributed by atoms with van der Waals surface area (Å²) in [6.07, 6.45) is 4.52. The van der Waals surface area contributed by atoms with Gasteiger partial charge >= 0.3 is 0 Å². The molecule has 0 spiro atoms. The highest BCUT2D eigenvalue weighted by molar-refractivity contribution is 6.69. The van der Waals surface area contributed by atoms with Crippen molar-refractivity contribution >= 4 is 17.1 Å². The highest BCUT2D eigenvalue weighted by Gasteiger charge is 2.17. The largest absolute Gasteiger partial charge is 0.415 e. The monoisotopic (exact) mass is 232 g/mol. The summed E-state index contributed by atoms with van der Waals surface area (Å²) in [4.78, 5) is 0. The van der Waals surface area contributed by atoms with E-state index in [-0.39, 0.29) is 8.80 Å². The van der Waals surface area contributed by atoms with Gasteiger partial charge < -0.3 is 4.43 Å². The molecule has 0 saturated carbocycles. The summed E-state index contributed by atoms with van der Waals surface area (Å²) in [6, 6.07) is 1.50. The SMILES string of the molecule is CC(CCCC[SiH](C)C)O[Si](C)(C)C. The van der Waals surface area contributed by atoms with Crippen LogP contribution in [-0.4, -0.2) is 23.2 Å². The summed E-state index contributed by atoms with van der Waals surface area (Å²) in [5, 5.41) is 0. The zero-order valence-corrected chi connectivity index (χ0v) is 13.0. The van der Waals surface area contributed by atoms with Gasteiger partial charge in [-0.15, -0.1) is 0 Å². The molecule has 0 aromatic heterocycles. The molecule has 0 aliphatic rings. The molecule has 14 heavy (non-hydrogen) atoms. The van der Waals surface area contributed by atoms with E-state index in [2.05, 4.69) is 39.7 Å². The van der Waals surface area contributed by atoms with Crippen molar-refractivity contribution in [3.63, 3.8) is 0 Å². The molecule has 0 amide bonds. The van der Waals surface area contributed by atoms with E-state index in [4.69, 9.17) is 4.43 Å². The summed E-state index contributed by atoms with van der Waals surface area (Å²) in [7, 11) is -1.60. The zero-order valence-electron chi connectivity index (χ0n) is 10.9. The van der Waals surface area contributed by atoms with Crippen molar-refractivity contribution in [2.45, 2.75) is 71.1 Å². The molecule has 0 aromatic carbocycles. The van der Waals surface area contributed by atoms with Crippen molar-refractivity contribution in [1.82, 2.24) is 0 Å². The Morgan fingerprint density at radius 3 is 2.14 bits per heavy atom. The fraction of sp³-hybridized carbons (Fsp3) is 1.00. The first kappa shape index (κ1) is 14.4. The minimum absolute atomic E-state index is 0.308. The standard InChI is InChI=1S/C11H28OSi2/c1-11(12-14(4,5)6)9-7-8-10-13(2)3/h11,13H,7-10H2,1-6H3. The number of hydrogen-bond acceptors (Lipinski definition) is 1. The molecule has 0 radical (unpaired) electrons. The molecule has 0 rings (SSSR count). The van der Waals surface area contributed by atoms with E-state index in [1.807, 2.05) is 0 Å². The molecule has 3 heteroatoms. The second kappa shape index (κ2) is 6.80. The predicted molar refractivity (Wildman–Crippen MR) is 71.4 cm³/mol. The average Bonchev–Trinajstić information content (AvgIpc) is 1.94. The van der Waals surface area contributed by atoms with Gasteiger partial charge in [0.1, 0.15) is 0 Å². The topological polar surface area (TPSA) is 9.23 Å². The Morgan fingerprint density at radius 1 is 1.14 bits per heavy atom. The van der Waals surface area contributed by atoms with Crippen LogP contribution in [0.25, 0.3) is 0 Å². The third-order valence-corrected chi connectivity index (χ3v) is 4.87. The van der Waals surface area contributed by atoms with Crippen LogP contribution in [-0.2, 0) is 4.43 Å². The maximum absolute atomic E-state index is 5.99. The first-order valence-electron chi connectivity index (χ1n) is 5.99. The van der Waals surface area contributed by atoms with Gasteiger partial charge in [0.15, 0.2) is 8.32 Å². The van der Waals surface area contributed by atoms with Crippen LogP contribution in [0.3, 0.4) is 0 Å². The number of hydrogen-bond donors (Lipinski definition) is 0. The van der Waals surface area contributed by atoms with Gasteiger partial charge in [-0.05, 0) is 33.0 Å². The zero-order chi connectivity index (χ0) is 11.2. The van der Waals surface area contributed by atoms with E-state index in [9.17, 15) is 0 Å². The minimum Gasteiger partial charge on any atom is -0.415 e. The summed E-state index contributed by atoms with van der Waals surface area (Å²) in [6.45, 7) is 13.9. The molecule has 0 saturated heterocycles. The highest BCUT2D eigenvalue weighted by Crippen LogP contribution is 2.13. The fourth-order valence-electron chi connectivity index (χ4n) is 1.65. The lowest BCUT2D eigenvalue weighted by Gasteiger charge is -2.23. The van der Waals surface area contributed by atoms with E-state index in [0.717, 1.165) is 0 Å². The minimum atomic E-state index is -1.29. The molecule has 0 heterocycles. The lowest BCUT2D eigenvalue weighted by Crippen LogP contribution is -2.30. The molecule has 0 aromatic rings. The van der Waals surface area contributed by atoms with Gasteiger partial charge in [-0.1, -0.05) is 32.0 Å². The molecular weight excluding hydrogens is 204 g/mol. The number of unbranched alkanes of at least 4 members (excludes halogenated alkanes) is 1. The summed E-state index contributed by atoms with van der Waals surface area (Å²) in [5.41, 5.74) is 0. The molecule has 0 aliphatic heterocycles. The molecule has 0 aliphatic carbocycles. The lowest BCUT2D eigenvalue weighted by atomic mass is 10.2. The Labute approximate surface area is 93.0 Å². The van der Waals surface area contributed by atoms with Gasteiger partial charge in [0.2, 0.25) is 0 Å². The summed E-state index contributed by atoms with van der Waals surface area (Å²) >= 11 is 0. The van der Waals surface area contributed by atoms with Crippen molar-refractivity contribution in [2.75, 3.05) is 0 Å². The first-order valence-corrected chi connectivity index (χ1v) is 12.5. The van der Waals surface area contributed by atoms with Crippen molar-refractivity contribution in [2.24, 2.45) is 0 Å². The second-order valence-electron chi connectivity index (χ2n) is 5.72. The first-order chi connectivity index (χ1) is 6.31. The predicted octanol–water partition coefficient (Wildman–Crippen LogP) is 3.88. The molecule has 86 valence electrons. The van der Waals surface area contributed by atoms with Crippen LogP contribution in [0.15, 0.2) is 0 Å². The van der Waals surface area contributed by atoms with Gasteiger partial charge in [0, 0.05) is 14.9 Å². The Balaban J connectivity index is 3.40. The van der Waals surface area contributed by atoms with Crippen molar-refractivity contribution in [3.05, 3.63) is 0 Å². The Morgan fingerprint density at radius 2 is 1.71 bits per heavy atom. The third kappa shape index (κ3) is 10.5. The molecule has 1 unspecified atom stereocenters. The Hall–Kier alpha value is 0.394. The van der Waals surface area contributed by atoms with Gasteiger partial charge in [-0.3, -0.25) is 0 Å². The second-order valence-corrected chi connectivity index (χ2v) is 13.5. The number of rotatable bonds is 7. The van der Waals surface area contributed by atoms with Crippen LogP contribution in [0.4, 0.5) is 0 Å². The van der Waals surface area contributed by atoms with Crippen molar-refractivity contribution < 1.29 is 4.43 Å². The maximum Gasteiger partial charge on any atom is 0.184 e. The van der Waals surface area contributed by atoms with Gasteiger partial charge in [-0.25, -0.2) is 0 Å². The highest BCUT2D eigenvalue weighted by atomic mass is 28.4. The average molecular weight is 233 g/mol. The van der Waals surface area contributed by atoms with Crippen LogP contribution in [0.1, 0.15) is 26.2 Å². The van der Waals surface area contributed by atoms with Crippen LogP contribution in [0.5, 0.6) is 0 Å². The van der Waals surface area contributed by atoms with E-state index in [1.165, 1.54) is 25.3 Å². The Kier molecular flexibility index (Phi) is 6.99. The van der Waals surface area contributed by atoms with Gasteiger partial charge in [0.05, 0.1) is 0 Å². The quantitative estimate of drug-likeness (QED) is 0.478. The van der Waals surface area contributed by atoms with Gasteiger partial charge in [0.25, 0.3) is 0 Å². The van der Waals surface area contributed by atoms with Crippen LogP contribution in [0, 0.1) is 0 Å². The fourth-order valence-corrected chi connectivity index (χ4v) is 4.08. The van der Waals surface area contributed by atoms with Gasteiger partial charge in [-0.2, -0.15) is 0 Å². The molecule has 0 bridgehead atoms. The molecule has 0 N–H and O–H groups in total. The molecule has 1 atom stereocenters. The van der Waals surface area contributed by atoms with E-state index in [0.29, 0.717) is 6.10 Å². The van der Waals surface area contributed by atoms with Crippen LogP contribution >= 0.6 is 0 Å². The van der Waals surface area contributed by atoms with Crippen LogP contribution in [0.2, 0.25) is 38.8 Å². The van der Waals surface area contributed by atoms with E-state index >= 15 is 0 Å². The summed E-state index contributed by atoms with van der Waals surface area (Å²) < 4.78 is 5.99. The van der Waals surface area contributed by atoms with Crippen molar-refractivity contribution in [3.8, 4) is 0 Å². The smallest absolute Gasteiger partial charge is 0.184 e. The lowest BCUT2D eigenvalue weighted by molar-refractivity contribution is 0.200. The van der Waals surface area contributed by atoms with E-state index in [1.54, 1.807) is 0 Å². The van der Waals surface area contributed by atoms with Crippen molar-refractivity contribution in [1.29, 1.82) is 0 Å².